The summed E-state index contributed by atoms with van der Waals surface area (Å²) in [5, 5.41) is 6.42. The van der Waals surface area contributed by atoms with Gasteiger partial charge in [0.25, 0.3) is 5.91 Å². The van der Waals surface area contributed by atoms with Crippen molar-refractivity contribution in [2.45, 2.75) is 16.7 Å². The zero-order valence-corrected chi connectivity index (χ0v) is 19.9. The average molecular weight is 506 g/mol. The molecular weight excluding hydrogens is 482 g/mol. The average Bonchev–Trinajstić information content (AvgIpc) is 3.36. The number of sulfone groups is 1. The molecule has 1 saturated heterocycles. The van der Waals surface area contributed by atoms with Gasteiger partial charge in [-0.3, -0.25) is 4.79 Å². The molecule has 3 aromatic rings. The number of nitrogens with one attached hydrogen (secondary N) is 1. The summed E-state index contributed by atoms with van der Waals surface area (Å²) < 4.78 is 61.1. The minimum Gasteiger partial charge on any atom is -0.379 e. The van der Waals surface area contributed by atoms with Crippen LogP contribution in [0.2, 0.25) is 0 Å². The van der Waals surface area contributed by atoms with E-state index < -0.39 is 25.8 Å². The molecule has 2 aromatic carbocycles. The van der Waals surface area contributed by atoms with Crippen molar-refractivity contribution < 1.29 is 30.9 Å². The fraction of sp³-hybridized carbons (Fsp3) is 0.273. The fourth-order valence-electron chi connectivity index (χ4n) is 3.35. The number of carbonyl (C=O) groups excluding carboxylic acids is 1. The Hall–Kier alpha value is -3.06. The fourth-order valence-corrected chi connectivity index (χ4v) is 5.64. The lowest BCUT2D eigenvalue weighted by molar-refractivity contribution is 0.0730. The molecule has 0 spiro atoms. The van der Waals surface area contributed by atoms with Crippen molar-refractivity contribution in [1.82, 2.24) is 9.46 Å². The molecule has 1 aliphatic rings. The van der Waals surface area contributed by atoms with Crippen LogP contribution in [-0.2, 0) is 24.6 Å². The van der Waals surface area contributed by atoms with Crippen LogP contribution in [0.15, 0.2) is 68.9 Å². The van der Waals surface area contributed by atoms with Gasteiger partial charge in [-0.15, -0.1) is 0 Å². The molecule has 0 radical (unpaired) electrons. The van der Waals surface area contributed by atoms with Gasteiger partial charge in [-0.25, -0.2) is 16.8 Å². The smallest absolute Gasteiger partial charge is 0.277 e. The van der Waals surface area contributed by atoms with E-state index in [2.05, 4.69) is 10.5 Å². The molecule has 0 unspecified atom stereocenters. The van der Waals surface area contributed by atoms with Gasteiger partial charge in [-0.05, 0) is 48.5 Å². The number of aromatic nitrogens is 1. The monoisotopic (exact) mass is 505 g/mol. The van der Waals surface area contributed by atoms with Crippen molar-refractivity contribution in [3.8, 4) is 11.3 Å². The van der Waals surface area contributed by atoms with Crippen LogP contribution in [0.3, 0.4) is 0 Å². The minimum atomic E-state index is -3.63. The number of benzene rings is 2. The van der Waals surface area contributed by atoms with Gasteiger partial charge in [0.1, 0.15) is 0 Å². The Labute approximate surface area is 197 Å². The Morgan fingerprint density at radius 1 is 0.971 bits per heavy atom. The summed E-state index contributed by atoms with van der Waals surface area (Å²) in [4.78, 5) is 12.9. The van der Waals surface area contributed by atoms with Crippen LogP contribution < -0.4 is 5.32 Å². The summed E-state index contributed by atoms with van der Waals surface area (Å²) in [6.07, 6.45) is 0. The van der Waals surface area contributed by atoms with E-state index in [1.54, 1.807) is 19.1 Å². The molecule has 34 heavy (non-hydrogen) atoms. The Balaban J connectivity index is 1.44. The van der Waals surface area contributed by atoms with Crippen molar-refractivity contribution >= 4 is 31.5 Å². The second kappa shape index (κ2) is 9.66. The second-order valence-corrected chi connectivity index (χ2v) is 11.7. The number of amides is 1. The zero-order chi connectivity index (χ0) is 24.3. The van der Waals surface area contributed by atoms with E-state index in [-0.39, 0.29) is 21.2 Å². The Bertz CT molecular complexity index is 1380. The molecule has 4 rings (SSSR count). The summed E-state index contributed by atoms with van der Waals surface area (Å²) in [7, 11) is -6.94. The molecule has 180 valence electrons. The number of carbonyl (C=O) groups is 1. The summed E-state index contributed by atoms with van der Waals surface area (Å²) in [5.41, 5.74) is 0.981. The number of hydrogen-bond acceptors (Lipinski definition) is 8. The van der Waals surface area contributed by atoms with E-state index in [1.807, 2.05) is 0 Å². The Kier molecular flexibility index (Phi) is 6.84. The summed E-state index contributed by atoms with van der Waals surface area (Å²) >= 11 is 0. The number of ether oxygens (including phenoxy) is 1. The third-order valence-electron chi connectivity index (χ3n) is 5.34. The van der Waals surface area contributed by atoms with Crippen LogP contribution in [0.25, 0.3) is 11.3 Å². The third-order valence-corrected chi connectivity index (χ3v) is 9.00. The number of anilines is 1. The normalized spacial score (nSPS) is 15.2. The molecule has 0 saturated carbocycles. The first-order chi connectivity index (χ1) is 16.2. The molecule has 1 aromatic heterocycles. The molecule has 0 bridgehead atoms. The molecule has 2 heterocycles. The molecule has 12 heteroatoms. The molecule has 1 N–H and O–H groups in total. The SMILES string of the molecule is CCS(=O)(=O)c1ccc(-c2cc(C(=O)Nc3ccc(S(=O)(=O)N4CCOCC4)cc3)no2)cc1. The predicted octanol–water partition coefficient (Wildman–Crippen LogP) is 2.41. The zero-order valence-electron chi connectivity index (χ0n) is 18.3. The maximum absolute atomic E-state index is 12.7. The highest BCUT2D eigenvalue weighted by Gasteiger charge is 2.26. The number of nitrogens with zero attached hydrogens (tertiary/aromatic N) is 2. The number of morpholine rings is 1. The van der Waals surface area contributed by atoms with E-state index in [0.717, 1.165) is 0 Å². The van der Waals surface area contributed by atoms with E-state index >= 15 is 0 Å². The quantitative estimate of drug-likeness (QED) is 0.517. The highest BCUT2D eigenvalue weighted by Crippen LogP contribution is 2.24. The first kappa shape index (κ1) is 24.1. The first-order valence-corrected chi connectivity index (χ1v) is 13.6. The van der Waals surface area contributed by atoms with Gasteiger partial charge in [-0.1, -0.05) is 12.1 Å². The van der Waals surface area contributed by atoms with Gasteiger partial charge in [-0.2, -0.15) is 4.31 Å². The number of hydrogen-bond donors (Lipinski definition) is 1. The lowest BCUT2D eigenvalue weighted by atomic mass is 10.1. The van der Waals surface area contributed by atoms with Crippen LogP contribution in [0.5, 0.6) is 0 Å². The molecule has 0 atom stereocenters. The largest absolute Gasteiger partial charge is 0.379 e. The van der Waals surface area contributed by atoms with Crippen LogP contribution >= 0.6 is 0 Å². The Morgan fingerprint density at radius 3 is 2.21 bits per heavy atom. The molecule has 0 aliphatic carbocycles. The maximum Gasteiger partial charge on any atom is 0.277 e. The van der Waals surface area contributed by atoms with Crippen LogP contribution in [0, 0.1) is 0 Å². The van der Waals surface area contributed by atoms with E-state index in [4.69, 9.17) is 9.26 Å². The molecule has 10 nitrogen and oxygen atoms in total. The van der Waals surface area contributed by atoms with Gasteiger partial charge >= 0.3 is 0 Å². The molecular formula is C22H23N3O7S2. The van der Waals surface area contributed by atoms with Gasteiger partial charge in [0, 0.05) is 30.4 Å². The summed E-state index contributed by atoms with van der Waals surface area (Å²) in [6, 6.07) is 13.4. The Morgan fingerprint density at radius 2 is 1.59 bits per heavy atom. The standard InChI is InChI=1S/C22H23N3O7S2/c1-2-33(27,28)18-7-3-16(4-8-18)21-15-20(24-32-21)22(26)23-17-5-9-19(10-6-17)34(29,30)25-11-13-31-14-12-25/h3-10,15H,2,11-14H2,1H3,(H,23,26). The number of rotatable bonds is 7. The van der Waals surface area contributed by atoms with Crippen molar-refractivity contribution in [3.05, 3.63) is 60.3 Å². The van der Waals surface area contributed by atoms with Gasteiger partial charge in [0.15, 0.2) is 21.3 Å². The van der Waals surface area contributed by atoms with Gasteiger partial charge < -0.3 is 14.6 Å². The van der Waals surface area contributed by atoms with Gasteiger partial charge in [0.05, 0.1) is 28.8 Å². The van der Waals surface area contributed by atoms with Crippen LogP contribution in [0.4, 0.5) is 5.69 Å². The van der Waals surface area contributed by atoms with Crippen molar-refractivity contribution in [2.75, 3.05) is 37.4 Å². The van der Waals surface area contributed by atoms with E-state index in [1.165, 1.54) is 46.8 Å². The third kappa shape index (κ3) is 5.04. The molecule has 1 aliphatic heterocycles. The highest BCUT2D eigenvalue weighted by molar-refractivity contribution is 7.91. The second-order valence-electron chi connectivity index (χ2n) is 7.50. The lowest BCUT2D eigenvalue weighted by Gasteiger charge is -2.26. The minimum absolute atomic E-state index is 0.000894. The molecule has 1 amide bonds. The molecule has 1 fully saturated rings. The van der Waals surface area contributed by atoms with E-state index in [0.29, 0.717) is 43.3 Å². The van der Waals surface area contributed by atoms with Crippen molar-refractivity contribution in [2.24, 2.45) is 0 Å². The topological polar surface area (TPSA) is 136 Å². The predicted molar refractivity (Wildman–Crippen MR) is 124 cm³/mol. The van der Waals surface area contributed by atoms with E-state index in [9.17, 15) is 21.6 Å². The highest BCUT2D eigenvalue weighted by atomic mass is 32.2. The maximum atomic E-state index is 12.7. The van der Waals surface area contributed by atoms with Crippen molar-refractivity contribution in [1.29, 1.82) is 0 Å². The summed E-state index contributed by atoms with van der Waals surface area (Å²) in [5.74, 6) is -0.236. The first-order valence-electron chi connectivity index (χ1n) is 10.5. The van der Waals surface area contributed by atoms with Crippen LogP contribution in [0.1, 0.15) is 17.4 Å². The summed E-state index contributed by atoms with van der Waals surface area (Å²) in [6.45, 7) is 2.88. The number of sulfonamides is 1. The van der Waals surface area contributed by atoms with Crippen LogP contribution in [-0.4, -0.2) is 64.3 Å². The lowest BCUT2D eigenvalue weighted by Crippen LogP contribution is -2.40. The van der Waals surface area contributed by atoms with Gasteiger partial charge in [0.2, 0.25) is 10.0 Å². The van der Waals surface area contributed by atoms with Crippen molar-refractivity contribution in [3.63, 3.8) is 0 Å².